The lowest BCUT2D eigenvalue weighted by Gasteiger charge is -2.00. The predicted molar refractivity (Wildman–Crippen MR) is 66.6 cm³/mol. The smallest absolute Gasteiger partial charge is 0.204 e. The highest BCUT2D eigenvalue weighted by Gasteiger charge is 2.13. The third-order valence-electron chi connectivity index (χ3n) is 2.10. The Kier molecular flexibility index (Phi) is 3.03. The van der Waals surface area contributed by atoms with Gasteiger partial charge < -0.3 is 0 Å². The van der Waals surface area contributed by atoms with Gasteiger partial charge in [0.15, 0.2) is 0 Å². The molecular weight excluding hydrogens is 272 g/mol. The van der Waals surface area contributed by atoms with Crippen LogP contribution in [0.3, 0.4) is 0 Å². The van der Waals surface area contributed by atoms with E-state index in [1.165, 1.54) is 11.3 Å². The topological polar surface area (TPSA) is 17.1 Å². The molecule has 0 saturated carbocycles. The number of benzene rings is 1. The van der Waals surface area contributed by atoms with Crippen molar-refractivity contribution >= 4 is 33.0 Å². The van der Waals surface area contributed by atoms with Gasteiger partial charge in [-0.15, -0.1) is 11.3 Å². The van der Waals surface area contributed by atoms with Crippen molar-refractivity contribution < 1.29 is 4.79 Å². The Balaban J connectivity index is 2.41. The maximum atomic E-state index is 12.1. The number of rotatable bonds is 2. The van der Waals surface area contributed by atoms with Gasteiger partial charge >= 0.3 is 0 Å². The van der Waals surface area contributed by atoms with Crippen LogP contribution in [-0.2, 0) is 0 Å². The van der Waals surface area contributed by atoms with Gasteiger partial charge in [-0.2, -0.15) is 0 Å². The van der Waals surface area contributed by atoms with Gasteiger partial charge in [-0.05, 0) is 40.4 Å². The Hall–Kier alpha value is -0.930. The van der Waals surface area contributed by atoms with Gasteiger partial charge in [0, 0.05) is 10.0 Å². The first-order valence-electron chi connectivity index (χ1n) is 4.53. The summed E-state index contributed by atoms with van der Waals surface area (Å²) in [5.74, 6) is 0.0839. The van der Waals surface area contributed by atoms with Crippen LogP contribution in [0, 0.1) is 6.92 Å². The summed E-state index contributed by atoms with van der Waals surface area (Å²) < 4.78 is 0.874. The lowest BCUT2D eigenvalue weighted by Crippen LogP contribution is -1.99. The van der Waals surface area contributed by atoms with Crippen LogP contribution in [-0.4, -0.2) is 5.78 Å². The molecule has 0 aliphatic heterocycles. The molecule has 2 rings (SSSR count). The summed E-state index contributed by atoms with van der Waals surface area (Å²) >= 11 is 4.83. The third-order valence-corrected chi connectivity index (χ3v) is 3.94. The first-order chi connectivity index (χ1) is 7.18. The van der Waals surface area contributed by atoms with Crippen LogP contribution in [0.5, 0.6) is 0 Å². The van der Waals surface area contributed by atoms with Crippen LogP contribution < -0.4 is 0 Å². The minimum absolute atomic E-state index is 0.0839. The normalized spacial score (nSPS) is 10.3. The standard InChI is InChI=1S/C12H9BrOS/c1-8-3-2-4-9(7-8)11(14)12-10(13)5-6-15-12/h2-7H,1H3. The van der Waals surface area contributed by atoms with Crippen molar-refractivity contribution in [3.63, 3.8) is 0 Å². The van der Waals surface area contributed by atoms with Crippen molar-refractivity contribution in [1.29, 1.82) is 0 Å². The first-order valence-corrected chi connectivity index (χ1v) is 6.20. The van der Waals surface area contributed by atoms with E-state index in [-0.39, 0.29) is 5.78 Å². The minimum atomic E-state index is 0.0839. The van der Waals surface area contributed by atoms with Crippen LogP contribution in [0.25, 0.3) is 0 Å². The van der Waals surface area contributed by atoms with Crippen LogP contribution in [0.4, 0.5) is 0 Å². The van der Waals surface area contributed by atoms with E-state index < -0.39 is 0 Å². The minimum Gasteiger partial charge on any atom is -0.288 e. The predicted octanol–water partition coefficient (Wildman–Crippen LogP) is 4.05. The van der Waals surface area contributed by atoms with Crippen molar-refractivity contribution in [2.75, 3.05) is 0 Å². The van der Waals surface area contributed by atoms with Gasteiger partial charge in [0.25, 0.3) is 0 Å². The van der Waals surface area contributed by atoms with E-state index in [2.05, 4.69) is 15.9 Å². The zero-order chi connectivity index (χ0) is 10.8. The van der Waals surface area contributed by atoms with E-state index in [0.717, 1.165) is 20.5 Å². The van der Waals surface area contributed by atoms with Gasteiger partial charge in [0.2, 0.25) is 5.78 Å². The fraction of sp³-hybridized carbons (Fsp3) is 0.0833. The van der Waals surface area contributed by atoms with E-state index in [0.29, 0.717) is 0 Å². The highest BCUT2D eigenvalue weighted by atomic mass is 79.9. The van der Waals surface area contributed by atoms with Gasteiger partial charge in [-0.3, -0.25) is 4.79 Å². The van der Waals surface area contributed by atoms with E-state index in [9.17, 15) is 4.79 Å². The summed E-state index contributed by atoms with van der Waals surface area (Å²) in [6.07, 6.45) is 0. The fourth-order valence-electron chi connectivity index (χ4n) is 1.37. The summed E-state index contributed by atoms with van der Waals surface area (Å²) in [5, 5.41) is 1.91. The molecule has 0 atom stereocenters. The molecule has 0 N–H and O–H groups in total. The van der Waals surface area contributed by atoms with Gasteiger partial charge in [-0.1, -0.05) is 23.8 Å². The van der Waals surface area contributed by atoms with E-state index in [1.54, 1.807) is 0 Å². The highest BCUT2D eigenvalue weighted by molar-refractivity contribution is 9.10. The molecule has 1 nitrogen and oxygen atoms in total. The largest absolute Gasteiger partial charge is 0.288 e. The maximum Gasteiger partial charge on any atom is 0.204 e. The molecule has 0 aliphatic carbocycles. The Morgan fingerprint density at radius 2 is 2.13 bits per heavy atom. The summed E-state index contributed by atoms with van der Waals surface area (Å²) in [6.45, 7) is 1.99. The molecular formula is C12H9BrOS. The quantitative estimate of drug-likeness (QED) is 0.759. The molecule has 0 fully saturated rings. The second-order valence-corrected chi connectivity index (χ2v) is 5.07. The van der Waals surface area contributed by atoms with Crippen LogP contribution in [0.2, 0.25) is 0 Å². The van der Waals surface area contributed by atoms with Crippen molar-refractivity contribution in [2.45, 2.75) is 6.92 Å². The summed E-state index contributed by atoms with van der Waals surface area (Å²) in [5.41, 5.74) is 1.85. The van der Waals surface area contributed by atoms with E-state index in [4.69, 9.17) is 0 Å². The first kappa shape index (κ1) is 10.6. The van der Waals surface area contributed by atoms with E-state index >= 15 is 0 Å². The fourth-order valence-corrected chi connectivity index (χ4v) is 2.89. The average molecular weight is 281 g/mol. The SMILES string of the molecule is Cc1cccc(C(=O)c2sccc2Br)c1. The van der Waals surface area contributed by atoms with Gasteiger partial charge in [0.05, 0.1) is 4.88 Å². The van der Waals surface area contributed by atoms with Crippen molar-refractivity contribution in [2.24, 2.45) is 0 Å². The second kappa shape index (κ2) is 4.29. The van der Waals surface area contributed by atoms with Crippen LogP contribution in [0.1, 0.15) is 20.8 Å². The van der Waals surface area contributed by atoms with Crippen LogP contribution in [0.15, 0.2) is 40.2 Å². The monoisotopic (exact) mass is 280 g/mol. The van der Waals surface area contributed by atoms with Crippen molar-refractivity contribution in [3.05, 3.63) is 56.2 Å². The Morgan fingerprint density at radius 3 is 2.73 bits per heavy atom. The van der Waals surface area contributed by atoms with E-state index in [1.807, 2.05) is 42.6 Å². The molecule has 15 heavy (non-hydrogen) atoms. The molecule has 1 heterocycles. The molecule has 3 heteroatoms. The lowest BCUT2D eigenvalue weighted by atomic mass is 10.1. The Labute approximate surface area is 101 Å². The molecule has 0 spiro atoms. The number of hydrogen-bond donors (Lipinski definition) is 0. The third kappa shape index (κ3) is 2.19. The Morgan fingerprint density at radius 1 is 1.33 bits per heavy atom. The molecule has 0 amide bonds. The summed E-state index contributed by atoms with van der Waals surface area (Å²) in [4.78, 5) is 12.8. The molecule has 0 radical (unpaired) electrons. The van der Waals surface area contributed by atoms with Crippen LogP contribution >= 0.6 is 27.3 Å². The number of halogens is 1. The van der Waals surface area contributed by atoms with Gasteiger partial charge in [0.1, 0.15) is 0 Å². The highest BCUT2D eigenvalue weighted by Crippen LogP contribution is 2.25. The molecule has 0 aliphatic rings. The summed E-state index contributed by atoms with van der Waals surface area (Å²) in [7, 11) is 0. The number of thiophene rings is 1. The molecule has 1 aromatic carbocycles. The molecule has 76 valence electrons. The molecule has 0 saturated heterocycles. The van der Waals surface area contributed by atoms with Crippen molar-refractivity contribution in [3.8, 4) is 0 Å². The summed E-state index contributed by atoms with van der Waals surface area (Å²) in [6, 6.07) is 9.55. The molecule has 2 aromatic rings. The average Bonchev–Trinajstić information content (AvgIpc) is 2.63. The van der Waals surface area contributed by atoms with Gasteiger partial charge in [-0.25, -0.2) is 0 Å². The molecule has 0 unspecified atom stereocenters. The number of carbonyl (C=O) groups excluding carboxylic acids is 1. The molecule has 0 bridgehead atoms. The zero-order valence-corrected chi connectivity index (χ0v) is 10.6. The zero-order valence-electron chi connectivity index (χ0n) is 8.16. The number of aryl methyl sites for hydroxylation is 1. The number of ketones is 1. The molecule has 1 aromatic heterocycles. The lowest BCUT2D eigenvalue weighted by molar-refractivity contribution is 0.104. The number of carbonyl (C=O) groups is 1. The Bertz CT molecular complexity index is 502. The second-order valence-electron chi connectivity index (χ2n) is 3.30. The van der Waals surface area contributed by atoms with Crippen molar-refractivity contribution in [1.82, 2.24) is 0 Å². The number of hydrogen-bond acceptors (Lipinski definition) is 2. The maximum absolute atomic E-state index is 12.1.